The van der Waals surface area contributed by atoms with Crippen molar-refractivity contribution in [2.24, 2.45) is 7.05 Å². The molecule has 0 radical (unpaired) electrons. The van der Waals surface area contributed by atoms with E-state index in [2.05, 4.69) is 48.0 Å². The summed E-state index contributed by atoms with van der Waals surface area (Å²) in [6, 6.07) is 0.361. The van der Waals surface area contributed by atoms with Gasteiger partial charge in [0.2, 0.25) is 0 Å². The summed E-state index contributed by atoms with van der Waals surface area (Å²) in [5.74, 6) is 1.03. The van der Waals surface area contributed by atoms with Gasteiger partial charge in [-0.15, -0.1) is 0 Å². The van der Waals surface area contributed by atoms with E-state index in [4.69, 9.17) is 0 Å². The van der Waals surface area contributed by atoms with Crippen LogP contribution in [-0.2, 0) is 13.5 Å². The van der Waals surface area contributed by atoms with Gasteiger partial charge in [0, 0.05) is 25.0 Å². The third-order valence-corrected chi connectivity index (χ3v) is 4.49. The molecule has 2 unspecified atom stereocenters. The molecular weight excluding hydrogens is 238 g/mol. The molecule has 0 spiro atoms. The Morgan fingerprint density at radius 2 is 2.00 bits per heavy atom. The van der Waals surface area contributed by atoms with Gasteiger partial charge < -0.3 is 5.32 Å². The van der Waals surface area contributed by atoms with Crippen LogP contribution in [-0.4, -0.2) is 51.4 Å². The van der Waals surface area contributed by atoms with Crippen LogP contribution in [0, 0.1) is 0 Å². The lowest BCUT2D eigenvalue weighted by Gasteiger charge is -2.45. The number of aromatic nitrogens is 3. The second-order valence-corrected chi connectivity index (χ2v) is 5.23. The van der Waals surface area contributed by atoms with E-state index in [0.29, 0.717) is 6.04 Å². The maximum absolute atomic E-state index is 4.36. The van der Waals surface area contributed by atoms with Crippen molar-refractivity contribution in [1.29, 1.82) is 0 Å². The highest BCUT2D eigenvalue weighted by Gasteiger charge is 2.36. The molecule has 1 heterocycles. The summed E-state index contributed by atoms with van der Waals surface area (Å²) in [5.41, 5.74) is 0.129. The Morgan fingerprint density at radius 3 is 2.37 bits per heavy atom. The van der Waals surface area contributed by atoms with Crippen molar-refractivity contribution in [2.75, 3.05) is 20.1 Å². The third kappa shape index (κ3) is 3.34. The van der Waals surface area contributed by atoms with Gasteiger partial charge >= 0.3 is 0 Å². The Hall–Kier alpha value is -0.940. The third-order valence-electron chi connectivity index (χ3n) is 4.49. The van der Waals surface area contributed by atoms with Gasteiger partial charge in [-0.2, -0.15) is 5.10 Å². The molecule has 0 saturated heterocycles. The molecule has 5 nitrogen and oxygen atoms in total. The molecule has 0 saturated carbocycles. The normalized spacial score (nSPS) is 16.6. The van der Waals surface area contributed by atoms with Crippen LogP contribution in [0.15, 0.2) is 6.33 Å². The van der Waals surface area contributed by atoms with Crippen molar-refractivity contribution in [3.8, 4) is 0 Å². The monoisotopic (exact) mass is 267 g/mol. The van der Waals surface area contributed by atoms with Crippen molar-refractivity contribution in [1.82, 2.24) is 25.0 Å². The minimum atomic E-state index is 0.129. The first kappa shape index (κ1) is 16.1. The molecule has 0 aliphatic rings. The lowest BCUT2D eigenvalue weighted by molar-refractivity contribution is 0.0720. The van der Waals surface area contributed by atoms with Crippen LogP contribution < -0.4 is 5.32 Å². The Labute approximate surface area is 117 Å². The van der Waals surface area contributed by atoms with Crippen LogP contribution in [0.3, 0.4) is 0 Å². The molecule has 0 amide bonds. The summed E-state index contributed by atoms with van der Waals surface area (Å²) in [6.45, 7) is 11.2. The van der Waals surface area contributed by atoms with E-state index < -0.39 is 0 Å². The molecule has 0 aromatic carbocycles. The topological polar surface area (TPSA) is 46.0 Å². The number of nitrogens with one attached hydrogen (secondary N) is 1. The fraction of sp³-hybridized carbons (Fsp3) is 0.857. The second kappa shape index (κ2) is 7.01. The number of rotatable bonds is 8. The molecule has 0 aliphatic heterocycles. The van der Waals surface area contributed by atoms with E-state index in [1.165, 1.54) is 0 Å². The number of nitrogens with zero attached hydrogens (tertiary/aromatic N) is 4. The van der Waals surface area contributed by atoms with Crippen molar-refractivity contribution < 1.29 is 0 Å². The summed E-state index contributed by atoms with van der Waals surface area (Å²) >= 11 is 0. The predicted octanol–water partition coefficient (Wildman–Crippen LogP) is 1.46. The maximum Gasteiger partial charge on any atom is 0.138 e. The Balaban J connectivity index is 2.95. The Bertz CT molecular complexity index is 372. The van der Waals surface area contributed by atoms with Gasteiger partial charge in [0.05, 0.1) is 0 Å². The van der Waals surface area contributed by atoms with Gasteiger partial charge in [-0.05, 0) is 33.5 Å². The van der Waals surface area contributed by atoms with Gasteiger partial charge in [0.25, 0.3) is 0 Å². The molecule has 1 N–H and O–H groups in total. The van der Waals surface area contributed by atoms with E-state index in [9.17, 15) is 0 Å². The molecule has 0 aliphatic carbocycles. The molecule has 1 aromatic heterocycles. The van der Waals surface area contributed by atoms with Crippen LogP contribution in [0.25, 0.3) is 0 Å². The summed E-state index contributed by atoms with van der Waals surface area (Å²) < 4.78 is 1.86. The van der Waals surface area contributed by atoms with E-state index in [1.807, 2.05) is 18.8 Å². The molecule has 1 aromatic rings. The number of hydrogen-bond acceptors (Lipinski definition) is 4. The lowest BCUT2D eigenvalue weighted by atomic mass is 9.85. The summed E-state index contributed by atoms with van der Waals surface area (Å²) in [5, 5.41) is 7.65. The van der Waals surface area contributed by atoms with Crippen molar-refractivity contribution >= 4 is 0 Å². The van der Waals surface area contributed by atoms with Gasteiger partial charge in [-0.1, -0.05) is 20.8 Å². The fourth-order valence-electron chi connectivity index (χ4n) is 2.96. The molecule has 19 heavy (non-hydrogen) atoms. The molecule has 5 heteroatoms. The lowest BCUT2D eigenvalue weighted by Crippen LogP contribution is -2.59. The average Bonchev–Trinajstić information content (AvgIpc) is 2.82. The molecular formula is C14H29N5. The zero-order valence-electron chi connectivity index (χ0n) is 13.3. The van der Waals surface area contributed by atoms with E-state index in [1.54, 1.807) is 6.33 Å². The zero-order chi connectivity index (χ0) is 14.5. The Kier molecular flexibility index (Phi) is 5.94. The summed E-state index contributed by atoms with van der Waals surface area (Å²) in [7, 11) is 3.99. The smallest absolute Gasteiger partial charge is 0.138 e. The first-order valence-electron chi connectivity index (χ1n) is 7.28. The van der Waals surface area contributed by atoms with Gasteiger partial charge in [0.15, 0.2) is 0 Å². The highest BCUT2D eigenvalue weighted by atomic mass is 15.3. The van der Waals surface area contributed by atoms with Crippen LogP contribution in [0.2, 0.25) is 0 Å². The Morgan fingerprint density at radius 1 is 1.37 bits per heavy atom. The van der Waals surface area contributed by atoms with Gasteiger partial charge in [-0.25, -0.2) is 4.98 Å². The minimum absolute atomic E-state index is 0.129. The first-order chi connectivity index (χ1) is 9.03. The molecule has 1 rings (SSSR count). The molecule has 2 atom stereocenters. The van der Waals surface area contributed by atoms with Gasteiger partial charge in [-0.3, -0.25) is 9.58 Å². The van der Waals surface area contributed by atoms with Crippen LogP contribution in [0.1, 0.15) is 39.9 Å². The van der Waals surface area contributed by atoms with Crippen molar-refractivity contribution in [3.63, 3.8) is 0 Å². The maximum atomic E-state index is 4.36. The SMILES string of the molecule is CCN(CC)C(C)(CC)C(Cc1ncnn1C)NC. The highest BCUT2D eigenvalue weighted by Crippen LogP contribution is 2.25. The number of aryl methyl sites for hydroxylation is 1. The predicted molar refractivity (Wildman–Crippen MR) is 79.2 cm³/mol. The minimum Gasteiger partial charge on any atom is -0.315 e. The zero-order valence-corrected chi connectivity index (χ0v) is 13.3. The molecule has 110 valence electrons. The van der Waals surface area contributed by atoms with Crippen LogP contribution in [0.4, 0.5) is 0 Å². The van der Waals surface area contributed by atoms with E-state index in [-0.39, 0.29) is 5.54 Å². The standard InChI is InChI=1S/C14H29N5/c1-7-14(4,19(8-2)9-3)12(15-5)10-13-16-11-17-18(13)6/h11-12,15H,7-10H2,1-6H3. The largest absolute Gasteiger partial charge is 0.315 e. The van der Waals surface area contributed by atoms with Crippen LogP contribution in [0.5, 0.6) is 0 Å². The quantitative estimate of drug-likeness (QED) is 0.774. The van der Waals surface area contributed by atoms with E-state index in [0.717, 1.165) is 31.8 Å². The summed E-state index contributed by atoms with van der Waals surface area (Å²) in [6.07, 6.45) is 3.63. The molecule has 0 bridgehead atoms. The highest BCUT2D eigenvalue weighted by molar-refractivity contribution is 5.01. The fourth-order valence-corrected chi connectivity index (χ4v) is 2.96. The van der Waals surface area contributed by atoms with Crippen molar-refractivity contribution in [2.45, 2.75) is 52.1 Å². The first-order valence-corrected chi connectivity index (χ1v) is 7.28. The summed E-state index contributed by atoms with van der Waals surface area (Å²) in [4.78, 5) is 6.89. The average molecular weight is 267 g/mol. The van der Waals surface area contributed by atoms with Crippen LogP contribution >= 0.6 is 0 Å². The number of hydrogen-bond donors (Lipinski definition) is 1. The number of likely N-dealkylation sites (N-methyl/N-ethyl adjacent to an activating group) is 2. The molecule has 0 fully saturated rings. The van der Waals surface area contributed by atoms with E-state index >= 15 is 0 Å². The van der Waals surface area contributed by atoms with Gasteiger partial charge in [0.1, 0.15) is 12.2 Å². The van der Waals surface area contributed by atoms with Crippen molar-refractivity contribution in [3.05, 3.63) is 12.2 Å². The second-order valence-electron chi connectivity index (χ2n) is 5.23.